The third kappa shape index (κ3) is 4.76. The number of sulfone groups is 2. The minimum absolute atomic E-state index is 0.216. The molecule has 0 radical (unpaired) electrons. The quantitative estimate of drug-likeness (QED) is 0.535. The molecule has 140 valence electrons. The fraction of sp³-hybridized carbons (Fsp3) is 0.167. The third-order valence-corrected chi connectivity index (χ3v) is 6.65. The van der Waals surface area contributed by atoms with E-state index in [2.05, 4.69) is 0 Å². The van der Waals surface area contributed by atoms with Gasteiger partial charge in [-0.2, -0.15) is 26.3 Å². The number of alkyl halides is 6. The van der Waals surface area contributed by atoms with Gasteiger partial charge in [0, 0.05) is 5.02 Å². The van der Waals surface area contributed by atoms with Gasteiger partial charge in [0.1, 0.15) is 0 Å². The van der Waals surface area contributed by atoms with Crippen LogP contribution in [0, 0.1) is 0 Å². The van der Waals surface area contributed by atoms with Crippen LogP contribution in [-0.4, -0.2) is 27.9 Å². The summed E-state index contributed by atoms with van der Waals surface area (Å²) in [5.41, 5.74) is -12.2. The first-order chi connectivity index (χ1) is 11.1. The second-order valence-corrected chi connectivity index (χ2v) is 8.81. The summed E-state index contributed by atoms with van der Waals surface area (Å²) in [4.78, 5) is 0. The Bertz CT molecular complexity index is 848. The predicted molar refractivity (Wildman–Crippen MR) is 78.5 cm³/mol. The van der Waals surface area contributed by atoms with Gasteiger partial charge in [0.25, 0.3) is 19.7 Å². The molecule has 4 nitrogen and oxygen atoms in total. The van der Waals surface area contributed by atoms with E-state index in [4.69, 9.17) is 11.6 Å². The van der Waals surface area contributed by atoms with Crippen molar-refractivity contribution in [2.24, 2.45) is 0 Å². The molecule has 0 amide bonds. The van der Waals surface area contributed by atoms with Gasteiger partial charge in [-0.1, -0.05) is 35.9 Å². The number of halogens is 7. The highest BCUT2D eigenvalue weighted by molar-refractivity contribution is 8.15. The molecule has 0 bridgehead atoms. The van der Waals surface area contributed by atoms with Crippen LogP contribution < -0.4 is 0 Å². The lowest BCUT2D eigenvalue weighted by Gasteiger charge is -2.13. The van der Waals surface area contributed by atoms with Crippen LogP contribution in [0.1, 0.15) is 5.56 Å². The van der Waals surface area contributed by atoms with E-state index in [-0.39, 0.29) is 16.7 Å². The second kappa shape index (κ2) is 7.00. The van der Waals surface area contributed by atoms with Crippen LogP contribution in [0.3, 0.4) is 0 Å². The Morgan fingerprint density at radius 1 is 0.840 bits per heavy atom. The van der Waals surface area contributed by atoms with Gasteiger partial charge in [0.2, 0.25) is 0 Å². The van der Waals surface area contributed by atoms with Crippen molar-refractivity contribution in [1.82, 2.24) is 0 Å². The maximum atomic E-state index is 12.5. The number of hydrogen-bond donors (Lipinski definition) is 0. The Morgan fingerprint density at radius 2 is 1.24 bits per heavy atom. The van der Waals surface area contributed by atoms with Gasteiger partial charge >= 0.3 is 11.0 Å². The van der Waals surface area contributed by atoms with Gasteiger partial charge < -0.3 is 0 Å². The Hall–Kier alpha value is -1.53. The maximum absolute atomic E-state index is 12.5. The summed E-state index contributed by atoms with van der Waals surface area (Å²) in [5.74, 6) is 0. The Balaban J connectivity index is 3.50. The number of rotatable bonds is 4. The van der Waals surface area contributed by atoms with Crippen LogP contribution in [0.4, 0.5) is 26.3 Å². The van der Waals surface area contributed by atoms with Crippen LogP contribution >= 0.6 is 11.6 Å². The molecule has 0 saturated heterocycles. The molecule has 0 saturated carbocycles. The van der Waals surface area contributed by atoms with Gasteiger partial charge in [-0.05, 0) is 23.8 Å². The number of benzene rings is 1. The Labute approximate surface area is 143 Å². The van der Waals surface area contributed by atoms with Crippen molar-refractivity contribution >= 4 is 37.4 Å². The molecule has 0 aliphatic rings. The zero-order valence-electron chi connectivity index (χ0n) is 11.6. The molecule has 0 aliphatic heterocycles. The molecule has 1 aromatic rings. The van der Waals surface area contributed by atoms with E-state index >= 15 is 0 Å². The summed E-state index contributed by atoms with van der Waals surface area (Å²) in [7, 11) is -13.5. The van der Waals surface area contributed by atoms with Crippen molar-refractivity contribution in [2.75, 3.05) is 0 Å². The maximum Gasteiger partial charge on any atom is 0.502 e. The lowest BCUT2D eigenvalue weighted by atomic mass is 10.2. The average Bonchev–Trinajstić information content (AvgIpc) is 2.42. The van der Waals surface area contributed by atoms with E-state index in [9.17, 15) is 43.2 Å². The van der Waals surface area contributed by atoms with E-state index in [0.717, 1.165) is 6.08 Å². The van der Waals surface area contributed by atoms with Crippen molar-refractivity contribution in [1.29, 1.82) is 0 Å². The third-order valence-electron chi connectivity index (χ3n) is 2.53. The normalized spacial score (nSPS) is 13.9. The van der Waals surface area contributed by atoms with E-state index in [1.54, 1.807) is 0 Å². The van der Waals surface area contributed by atoms with Crippen LogP contribution in [0.2, 0.25) is 5.02 Å². The van der Waals surface area contributed by atoms with Gasteiger partial charge in [0.05, 0.1) is 0 Å². The van der Waals surface area contributed by atoms with E-state index in [1.807, 2.05) is 0 Å². The van der Waals surface area contributed by atoms with Crippen LogP contribution in [0.5, 0.6) is 0 Å². The van der Waals surface area contributed by atoms with Gasteiger partial charge in [-0.3, -0.25) is 0 Å². The molecule has 13 heteroatoms. The SMILES string of the molecule is O=S(=O)(C(=C/C=C/c1ccc(Cl)cc1)S(=O)(=O)C(F)(F)F)C(F)(F)F. The molecule has 0 aliphatic carbocycles. The highest BCUT2D eigenvalue weighted by Gasteiger charge is 2.59. The fourth-order valence-corrected chi connectivity index (χ4v) is 4.18. The van der Waals surface area contributed by atoms with Crippen molar-refractivity contribution in [3.05, 3.63) is 51.2 Å². The molecule has 0 N–H and O–H groups in total. The van der Waals surface area contributed by atoms with Crippen LogP contribution in [0.25, 0.3) is 6.08 Å². The first-order valence-corrected chi connectivity index (χ1v) is 9.22. The van der Waals surface area contributed by atoms with E-state index in [1.165, 1.54) is 24.3 Å². The van der Waals surface area contributed by atoms with Gasteiger partial charge in [-0.25, -0.2) is 16.8 Å². The summed E-state index contributed by atoms with van der Waals surface area (Å²) in [6.07, 6.45) is 1.06. The van der Waals surface area contributed by atoms with Crippen LogP contribution in [-0.2, 0) is 19.7 Å². The smallest absolute Gasteiger partial charge is 0.214 e. The molecular weight excluding hydrogens is 422 g/mol. The summed E-state index contributed by atoms with van der Waals surface area (Å²) in [6.45, 7) is 0. The molecule has 0 fully saturated rings. The zero-order valence-corrected chi connectivity index (χ0v) is 14.0. The summed E-state index contributed by atoms with van der Waals surface area (Å²) in [6, 6.07) is 5.29. The first-order valence-electron chi connectivity index (χ1n) is 5.87. The molecule has 0 heterocycles. The molecule has 1 aromatic carbocycles. The minimum Gasteiger partial charge on any atom is -0.214 e. The second-order valence-electron chi connectivity index (χ2n) is 4.29. The minimum atomic E-state index is -6.76. The van der Waals surface area contributed by atoms with Gasteiger partial charge in [-0.15, -0.1) is 0 Å². The lowest BCUT2D eigenvalue weighted by molar-refractivity contribution is -0.0444. The monoisotopic (exact) mass is 428 g/mol. The standard InChI is InChI=1S/C12H7ClF6O4S2/c13-9-6-4-8(5-7-9)2-1-3-10(24(20,21)11(14,15)16)25(22,23)12(17,18)19/h1-7H/b2-1+. The lowest BCUT2D eigenvalue weighted by Crippen LogP contribution is -2.34. The molecule has 25 heavy (non-hydrogen) atoms. The zero-order chi connectivity index (χ0) is 19.7. The molecule has 0 spiro atoms. The van der Waals surface area contributed by atoms with Crippen molar-refractivity contribution in [3.63, 3.8) is 0 Å². The molecule has 1 rings (SSSR count). The first kappa shape index (κ1) is 21.5. The molecule has 0 unspecified atom stereocenters. The topological polar surface area (TPSA) is 68.3 Å². The average molecular weight is 429 g/mol. The fourth-order valence-electron chi connectivity index (χ4n) is 1.36. The Kier molecular flexibility index (Phi) is 6.02. The highest BCUT2D eigenvalue weighted by Crippen LogP contribution is 2.38. The largest absolute Gasteiger partial charge is 0.502 e. The van der Waals surface area contributed by atoms with E-state index < -0.39 is 34.9 Å². The summed E-state index contributed by atoms with van der Waals surface area (Å²) >= 11 is 5.57. The summed E-state index contributed by atoms with van der Waals surface area (Å²) in [5, 5.41) is 0.285. The highest BCUT2D eigenvalue weighted by atomic mass is 35.5. The van der Waals surface area contributed by atoms with Crippen molar-refractivity contribution < 1.29 is 43.2 Å². The Morgan fingerprint density at radius 3 is 1.60 bits per heavy atom. The summed E-state index contributed by atoms with van der Waals surface area (Å²) < 4.78 is 117. The van der Waals surface area contributed by atoms with E-state index in [0.29, 0.717) is 6.08 Å². The number of allylic oxidation sites excluding steroid dienone is 2. The molecule has 0 atom stereocenters. The molecular formula is C12H7ClF6O4S2. The van der Waals surface area contributed by atoms with Crippen molar-refractivity contribution in [3.8, 4) is 0 Å². The predicted octanol–water partition coefficient (Wildman–Crippen LogP) is 4.06. The molecule has 0 aromatic heterocycles. The number of hydrogen-bond acceptors (Lipinski definition) is 4. The van der Waals surface area contributed by atoms with Gasteiger partial charge in [0.15, 0.2) is 4.24 Å². The van der Waals surface area contributed by atoms with Crippen LogP contribution in [0.15, 0.2) is 40.7 Å². The van der Waals surface area contributed by atoms with Crippen molar-refractivity contribution in [2.45, 2.75) is 11.0 Å².